The fraction of sp³-hybridized carbons (Fsp3) is 0.647. The highest BCUT2D eigenvalue weighted by Crippen LogP contribution is 2.24. The van der Waals surface area contributed by atoms with Crippen molar-refractivity contribution in [2.45, 2.75) is 31.6 Å². The van der Waals surface area contributed by atoms with Crippen molar-refractivity contribution in [1.29, 1.82) is 0 Å². The van der Waals surface area contributed by atoms with Crippen molar-refractivity contribution in [2.75, 3.05) is 33.7 Å². The van der Waals surface area contributed by atoms with Gasteiger partial charge in [-0.1, -0.05) is 0 Å². The van der Waals surface area contributed by atoms with Crippen molar-refractivity contribution in [3.8, 4) is 0 Å². The molecule has 0 radical (unpaired) electrons. The minimum absolute atomic E-state index is 0.00198. The standard InChI is InChI=1S/C17H24FN5O2/c1-21-8-13(3-16(21)24)17(25)22(2)10-15-4-14(18)9-23(15)7-12-5-19-11-20-6-12/h5-6,11,13-15H,3-4,7-10H2,1-2H3/t13-,14-,15-/m0/s1. The summed E-state index contributed by atoms with van der Waals surface area (Å²) in [5.41, 5.74) is 0.929. The Morgan fingerprint density at radius 3 is 2.72 bits per heavy atom. The second kappa shape index (κ2) is 7.43. The lowest BCUT2D eigenvalue weighted by Crippen LogP contribution is -2.43. The van der Waals surface area contributed by atoms with Crippen molar-refractivity contribution in [1.82, 2.24) is 24.7 Å². The van der Waals surface area contributed by atoms with Crippen LogP contribution in [0.5, 0.6) is 0 Å². The van der Waals surface area contributed by atoms with Gasteiger partial charge in [0.1, 0.15) is 12.5 Å². The van der Waals surface area contributed by atoms with Crippen LogP contribution in [0.4, 0.5) is 4.39 Å². The lowest BCUT2D eigenvalue weighted by Gasteiger charge is -2.29. The van der Waals surface area contributed by atoms with Gasteiger partial charge in [-0.25, -0.2) is 14.4 Å². The number of likely N-dealkylation sites (tertiary alicyclic amines) is 2. The predicted octanol–water partition coefficient (Wildman–Crippen LogP) is 0.326. The Morgan fingerprint density at radius 2 is 2.08 bits per heavy atom. The molecule has 0 aliphatic carbocycles. The molecular formula is C17H24FN5O2. The first-order chi connectivity index (χ1) is 11.9. The van der Waals surface area contributed by atoms with Gasteiger partial charge in [-0.05, 0) is 6.42 Å². The van der Waals surface area contributed by atoms with Crippen LogP contribution in [0, 0.1) is 5.92 Å². The minimum atomic E-state index is -0.891. The van der Waals surface area contributed by atoms with Crippen LogP contribution in [0.25, 0.3) is 0 Å². The fourth-order valence-electron chi connectivity index (χ4n) is 3.70. The first kappa shape index (κ1) is 17.7. The average Bonchev–Trinajstić information content (AvgIpc) is 3.10. The Labute approximate surface area is 146 Å². The van der Waals surface area contributed by atoms with Crippen molar-refractivity contribution in [3.05, 3.63) is 24.3 Å². The maximum Gasteiger partial charge on any atom is 0.227 e. The predicted molar refractivity (Wildman–Crippen MR) is 89.1 cm³/mol. The van der Waals surface area contributed by atoms with E-state index in [4.69, 9.17) is 0 Å². The van der Waals surface area contributed by atoms with Gasteiger partial charge in [0, 0.05) is 70.7 Å². The first-order valence-electron chi connectivity index (χ1n) is 8.55. The van der Waals surface area contributed by atoms with E-state index < -0.39 is 6.17 Å². The summed E-state index contributed by atoms with van der Waals surface area (Å²) in [7, 11) is 3.45. The van der Waals surface area contributed by atoms with Gasteiger partial charge >= 0.3 is 0 Å². The van der Waals surface area contributed by atoms with Crippen LogP contribution >= 0.6 is 0 Å². The molecule has 2 fully saturated rings. The van der Waals surface area contributed by atoms with Gasteiger partial charge in [0.25, 0.3) is 0 Å². The number of carbonyl (C=O) groups is 2. The van der Waals surface area contributed by atoms with Gasteiger partial charge in [-0.15, -0.1) is 0 Å². The number of hydrogen-bond donors (Lipinski definition) is 0. The zero-order valence-corrected chi connectivity index (χ0v) is 14.6. The second-order valence-corrected chi connectivity index (χ2v) is 7.06. The van der Waals surface area contributed by atoms with Crippen molar-refractivity contribution >= 4 is 11.8 Å². The summed E-state index contributed by atoms with van der Waals surface area (Å²) >= 11 is 0. The van der Waals surface area contributed by atoms with Crippen LogP contribution < -0.4 is 0 Å². The van der Waals surface area contributed by atoms with Crippen LogP contribution in [0.3, 0.4) is 0 Å². The lowest BCUT2D eigenvalue weighted by atomic mass is 10.1. The normalized spacial score (nSPS) is 27.1. The Kier molecular flexibility index (Phi) is 5.27. The minimum Gasteiger partial charge on any atom is -0.345 e. The van der Waals surface area contributed by atoms with Crippen molar-refractivity contribution in [3.63, 3.8) is 0 Å². The molecule has 2 amide bonds. The van der Waals surface area contributed by atoms with E-state index in [-0.39, 0.29) is 30.2 Å². The van der Waals surface area contributed by atoms with E-state index in [0.29, 0.717) is 32.6 Å². The number of likely N-dealkylation sites (N-methyl/N-ethyl adjacent to an activating group) is 1. The lowest BCUT2D eigenvalue weighted by molar-refractivity contribution is -0.135. The van der Waals surface area contributed by atoms with Gasteiger partial charge < -0.3 is 9.80 Å². The smallest absolute Gasteiger partial charge is 0.227 e. The monoisotopic (exact) mass is 349 g/mol. The Morgan fingerprint density at radius 1 is 1.36 bits per heavy atom. The maximum absolute atomic E-state index is 14.0. The summed E-state index contributed by atoms with van der Waals surface area (Å²) in [4.78, 5) is 37.5. The quantitative estimate of drug-likeness (QED) is 0.766. The molecule has 136 valence electrons. The van der Waals surface area contributed by atoms with Gasteiger partial charge in [0.05, 0.1) is 5.92 Å². The van der Waals surface area contributed by atoms with E-state index in [1.54, 1.807) is 36.3 Å². The van der Waals surface area contributed by atoms with Crippen LogP contribution in [-0.2, 0) is 16.1 Å². The number of alkyl halides is 1. The molecule has 2 saturated heterocycles. The number of hydrogen-bond acceptors (Lipinski definition) is 5. The summed E-state index contributed by atoms with van der Waals surface area (Å²) in [6, 6.07) is -0.0426. The third-order valence-electron chi connectivity index (χ3n) is 5.03. The molecule has 3 heterocycles. The summed E-state index contributed by atoms with van der Waals surface area (Å²) < 4.78 is 14.0. The third-order valence-corrected chi connectivity index (χ3v) is 5.03. The second-order valence-electron chi connectivity index (χ2n) is 7.06. The summed E-state index contributed by atoms with van der Waals surface area (Å²) in [5.74, 6) is -0.328. The van der Waals surface area contributed by atoms with Gasteiger partial charge in [0.15, 0.2) is 0 Å². The SMILES string of the molecule is CN1C[C@@H](C(=O)N(C)C[C@@H]2C[C@H](F)CN2Cc2cncnc2)CC1=O. The zero-order chi connectivity index (χ0) is 18.0. The van der Waals surface area contributed by atoms with E-state index in [1.807, 2.05) is 4.90 Å². The van der Waals surface area contributed by atoms with Crippen molar-refractivity contribution < 1.29 is 14.0 Å². The molecule has 0 saturated carbocycles. The summed E-state index contributed by atoms with van der Waals surface area (Å²) in [6.45, 7) is 1.84. The molecule has 1 aromatic heterocycles. The Hall–Kier alpha value is -2.09. The average molecular weight is 349 g/mol. The molecule has 7 nitrogen and oxygen atoms in total. The molecule has 0 spiro atoms. The number of amides is 2. The molecule has 3 rings (SSSR count). The van der Waals surface area contributed by atoms with Crippen LogP contribution in [0.1, 0.15) is 18.4 Å². The molecular weight excluding hydrogens is 325 g/mol. The molecule has 3 atom stereocenters. The molecule has 0 N–H and O–H groups in total. The summed E-state index contributed by atoms with van der Waals surface area (Å²) in [5, 5.41) is 0. The van der Waals surface area contributed by atoms with E-state index in [9.17, 15) is 14.0 Å². The van der Waals surface area contributed by atoms with Crippen LogP contribution in [0.2, 0.25) is 0 Å². The molecule has 2 aliphatic heterocycles. The summed E-state index contributed by atoms with van der Waals surface area (Å²) in [6.07, 6.45) is 4.71. The molecule has 0 unspecified atom stereocenters. The largest absolute Gasteiger partial charge is 0.345 e. The first-order valence-corrected chi connectivity index (χ1v) is 8.55. The Bertz CT molecular complexity index is 629. The molecule has 25 heavy (non-hydrogen) atoms. The van der Waals surface area contributed by atoms with E-state index in [1.165, 1.54) is 6.33 Å². The highest BCUT2D eigenvalue weighted by molar-refractivity contribution is 5.89. The van der Waals surface area contributed by atoms with E-state index >= 15 is 0 Å². The van der Waals surface area contributed by atoms with Crippen LogP contribution in [0.15, 0.2) is 18.7 Å². The highest BCUT2D eigenvalue weighted by atomic mass is 19.1. The number of aromatic nitrogens is 2. The maximum atomic E-state index is 14.0. The van der Waals surface area contributed by atoms with Crippen molar-refractivity contribution in [2.24, 2.45) is 5.92 Å². The third kappa shape index (κ3) is 4.12. The van der Waals surface area contributed by atoms with Gasteiger partial charge in [0.2, 0.25) is 11.8 Å². The molecule has 1 aromatic rings. The number of carbonyl (C=O) groups excluding carboxylic acids is 2. The molecule has 0 bridgehead atoms. The Balaban J connectivity index is 1.59. The number of halogens is 1. The fourth-order valence-corrected chi connectivity index (χ4v) is 3.70. The number of nitrogens with zero attached hydrogens (tertiary/aromatic N) is 5. The number of rotatable bonds is 5. The van der Waals surface area contributed by atoms with E-state index in [0.717, 1.165) is 5.56 Å². The molecule has 8 heteroatoms. The van der Waals surface area contributed by atoms with Crippen LogP contribution in [-0.4, -0.2) is 82.4 Å². The van der Waals surface area contributed by atoms with Gasteiger partial charge in [-0.3, -0.25) is 14.5 Å². The molecule has 0 aromatic carbocycles. The van der Waals surface area contributed by atoms with Gasteiger partial charge in [-0.2, -0.15) is 0 Å². The molecule has 2 aliphatic rings. The van der Waals surface area contributed by atoms with E-state index in [2.05, 4.69) is 9.97 Å². The topological polar surface area (TPSA) is 69.6 Å². The highest BCUT2D eigenvalue weighted by Gasteiger charge is 2.37. The zero-order valence-electron chi connectivity index (χ0n) is 14.6.